The molecular weight excluding hydrogens is 256 g/mol. The minimum Gasteiger partial charge on any atom is -0.389 e. The number of pyridine rings is 1. The third kappa shape index (κ3) is 2.04. The van der Waals surface area contributed by atoms with Gasteiger partial charge in [0.05, 0.1) is 11.3 Å². The van der Waals surface area contributed by atoms with Gasteiger partial charge in [-0.25, -0.2) is 9.97 Å². The first kappa shape index (κ1) is 12.3. The van der Waals surface area contributed by atoms with E-state index in [0.29, 0.717) is 4.99 Å². The molecule has 2 aromatic rings. The van der Waals surface area contributed by atoms with Gasteiger partial charge >= 0.3 is 0 Å². The van der Waals surface area contributed by atoms with E-state index in [9.17, 15) is 0 Å². The van der Waals surface area contributed by atoms with Crippen molar-refractivity contribution in [1.82, 2.24) is 14.5 Å². The lowest BCUT2D eigenvalue weighted by Gasteiger charge is -2.16. The highest BCUT2D eigenvalue weighted by atomic mass is 32.1. The third-order valence-electron chi connectivity index (χ3n) is 3.64. The van der Waals surface area contributed by atoms with Crippen LogP contribution in [0.3, 0.4) is 0 Å². The average Bonchev–Trinajstić information content (AvgIpc) is 2.81. The van der Waals surface area contributed by atoms with Crippen molar-refractivity contribution >= 4 is 17.2 Å². The zero-order valence-electron chi connectivity index (χ0n) is 10.9. The molecule has 5 heteroatoms. The molecule has 19 heavy (non-hydrogen) atoms. The van der Waals surface area contributed by atoms with E-state index in [1.165, 1.54) is 24.2 Å². The van der Waals surface area contributed by atoms with Crippen molar-refractivity contribution in [1.29, 1.82) is 0 Å². The van der Waals surface area contributed by atoms with Crippen LogP contribution >= 0.6 is 12.2 Å². The van der Waals surface area contributed by atoms with Crippen molar-refractivity contribution in [3.8, 4) is 5.82 Å². The van der Waals surface area contributed by atoms with Gasteiger partial charge in [-0.1, -0.05) is 12.2 Å². The molecule has 2 heterocycles. The van der Waals surface area contributed by atoms with Crippen molar-refractivity contribution in [2.75, 3.05) is 0 Å². The Morgan fingerprint density at radius 2 is 2.11 bits per heavy atom. The van der Waals surface area contributed by atoms with Crippen LogP contribution in [-0.2, 0) is 12.8 Å². The fourth-order valence-electron chi connectivity index (χ4n) is 2.68. The van der Waals surface area contributed by atoms with Gasteiger partial charge < -0.3 is 5.73 Å². The zero-order valence-corrected chi connectivity index (χ0v) is 11.7. The van der Waals surface area contributed by atoms with Crippen molar-refractivity contribution in [2.45, 2.75) is 32.6 Å². The standard InChI is InChI=1S/C14H16N4S/c1-9-6-7-16-14(12(9)13(15)19)18-8-17-10-4-2-3-5-11(10)18/h6-8H,2-5H2,1H3,(H2,15,19). The molecule has 0 amide bonds. The molecule has 0 atom stereocenters. The number of aromatic nitrogens is 3. The number of nitrogens with two attached hydrogens (primary N) is 1. The average molecular weight is 272 g/mol. The molecule has 0 fully saturated rings. The lowest BCUT2D eigenvalue weighted by molar-refractivity contribution is 0.654. The molecule has 0 saturated heterocycles. The predicted molar refractivity (Wildman–Crippen MR) is 78.6 cm³/mol. The number of hydrogen-bond acceptors (Lipinski definition) is 3. The van der Waals surface area contributed by atoms with Gasteiger partial charge in [-0.2, -0.15) is 0 Å². The van der Waals surface area contributed by atoms with Crippen molar-refractivity contribution in [3.63, 3.8) is 0 Å². The van der Waals surface area contributed by atoms with Gasteiger partial charge in [0.15, 0.2) is 0 Å². The van der Waals surface area contributed by atoms with Gasteiger partial charge in [0.1, 0.15) is 17.1 Å². The topological polar surface area (TPSA) is 56.7 Å². The maximum Gasteiger partial charge on any atom is 0.148 e. The Hall–Kier alpha value is -1.75. The Morgan fingerprint density at radius 1 is 1.32 bits per heavy atom. The van der Waals surface area contributed by atoms with Gasteiger partial charge in [-0.3, -0.25) is 4.57 Å². The Balaban J connectivity index is 2.20. The first-order valence-corrected chi connectivity index (χ1v) is 6.90. The molecule has 4 nitrogen and oxygen atoms in total. The van der Waals surface area contributed by atoms with Crippen LogP contribution in [0.15, 0.2) is 18.6 Å². The lowest BCUT2D eigenvalue weighted by Crippen LogP contribution is -2.18. The molecule has 0 bridgehead atoms. The number of rotatable bonds is 2. The van der Waals surface area contributed by atoms with Crippen LogP contribution in [0.1, 0.15) is 35.4 Å². The fourth-order valence-corrected chi connectivity index (χ4v) is 2.94. The Labute approximate surface area is 117 Å². The molecule has 2 aromatic heterocycles. The number of aryl methyl sites for hydroxylation is 2. The summed E-state index contributed by atoms with van der Waals surface area (Å²) in [6.07, 6.45) is 8.15. The molecule has 0 aromatic carbocycles. The quantitative estimate of drug-likeness (QED) is 0.851. The summed E-state index contributed by atoms with van der Waals surface area (Å²) in [4.78, 5) is 9.36. The summed E-state index contributed by atoms with van der Waals surface area (Å²) < 4.78 is 2.05. The number of imidazole rings is 1. The summed E-state index contributed by atoms with van der Waals surface area (Å²) in [5, 5.41) is 0. The molecule has 1 aliphatic rings. The number of hydrogen-bond donors (Lipinski definition) is 1. The molecular formula is C14H16N4S. The van der Waals surface area contributed by atoms with E-state index in [2.05, 4.69) is 14.5 Å². The van der Waals surface area contributed by atoms with E-state index in [-0.39, 0.29) is 0 Å². The molecule has 2 N–H and O–H groups in total. The van der Waals surface area contributed by atoms with E-state index < -0.39 is 0 Å². The van der Waals surface area contributed by atoms with Gasteiger partial charge in [0.25, 0.3) is 0 Å². The van der Waals surface area contributed by atoms with E-state index in [4.69, 9.17) is 18.0 Å². The first-order chi connectivity index (χ1) is 9.18. The molecule has 0 radical (unpaired) electrons. The van der Waals surface area contributed by atoms with E-state index in [1.807, 2.05) is 19.3 Å². The second-order valence-electron chi connectivity index (χ2n) is 4.91. The summed E-state index contributed by atoms with van der Waals surface area (Å²) >= 11 is 5.17. The van der Waals surface area contributed by atoms with Gasteiger partial charge in [0, 0.05) is 11.9 Å². The number of thiocarbonyl (C=S) groups is 1. The SMILES string of the molecule is Cc1ccnc(-n2cnc3c2CCCC3)c1C(N)=S. The summed E-state index contributed by atoms with van der Waals surface area (Å²) in [6.45, 7) is 2.00. The van der Waals surface area contributed by atoms with E-state index >= 15 is 0 Å². The number of nitrogens with zero attached hydrogens (tertiary/aromatic N) is 3. The smallest absolute Gasteiger partial charge is 0.148 e. The summed E-state index contributed by atoms with van der Waals surface area (Å²) in [7, 11) is 0. The van der Waals surface area contributed by atoms with Crippen LogP contribution in [0.4, 0.5) is 0 Å². The van der Waals surface area contributed by atoms with E-state index in [1.54, 1.807) is 6.20 Å². The first-order valence-electron chi connectivity index (χ1n) is 6.49. The van der Waals surface area contributed by atoms with Crippen LogP contribution in [0.5, 0.6) is 0 Å². The molecule has 0 spiro atoms. The third-order valence-corrected chi connectivity index (χ3v) is 3.85. The predicted octanol–water partition coefficient (Wildman–Crippen LogP) is 2.09. The van der Waals surface area contributed by atoms with Crippen LogP contribution < -0.4 is 5.73 Å². The fraction of sp³-hybridized carbons (Fsp3) is 0.357. The van der Waals surface area contributed by atoms with Crippen molar-refractivity contribution in [3.05, 3.63) is 41.1 Å². The molecule has 0 saturated carbocycles. The second kappa shape index (κ2) is 4.74. The van der Waals surface area contributed by atoms with Gasteiger partial charge in [0.2, 0.25) is 0 Å². The molecule has 0 unspecified atom stereocenters. The number of fused-ring (bicyclic) bond motifs is 1. The summed E-state index contributed by atoms with van der Waals surface area (Å²) in [5.41, 5.74) is 10.2. The largest absolute Gasteiger partial charge is 0.389 e. The van der Waals surface area contributed by atoms with Crippen molar-refractivity contribution < 1.29 is 0 Å². The second-order valence-corrected chi connectivity index (χ2v) is 5.35. The summed E-state index contributed by atoms with van der Waals surface area (Å²) in [6, 6.07) is 1.93. The van der Waals surface area contributed by atoms with Gasteiger partial charge in [-0.15, -0.1) is 0 Å². The van der Waals surface area contributed by atoms with Crippen LogP contribution in [0, 0.1) is 6.92 Å². The normalized spacial score (nSPS) is 14.2. The van der Waals surface area contributed by atoms with Gasteiger partial charge in [-0.05, 0) is 44.2 Å². The lowest BCUT2D eigenvalue weighted by atomic mass is 10.0. The maximum atomic E-state index is 5.86. The summed E-state index contributed by atoms with van der Waals surface area (Å²) in [5.74, 6) is 0.808. The zero-order chi connectivity index (χ0) is 13.4. The molecule has 0 aliphatic heterocycles. The van der Waals surface area contributed by atoms with Crippen LogP contribution in [0.25, 0.3) is 5.82 Å². The minimum atomic E-state index is 0.388. The molecule has 3 rings (SSSR count). The minimum absolute atomic E-state index is 0.388. The van der Waals surface area contributed by atoms with Crippen LogP contribution in [0.2, 0.25) is 0 Å². The molecule has 1 aliphatic carbocycles. The highest BCUT2D eigenvalue weighted by Gasteiger charge is 2.19. The Bertz CT molecular complexity index is 645. The highest BCUT2D eigenvalue weighted by Crippen LogP contribution is 2.24. The maximum absolute atomic E-state index is 5.86. The Morgan fingerprint density at radius 3 is 2.89 bits per heavy atom. The molecule has 98 valence electrons. The highest BCUT2D eigenvalue weighted by molar-refractivity contribution is 7.80. The monoisotopic (exact) mass is 272 g/mol. The van der Waals surface area contributed by atoms with Crippen molar-refractivity contribution in [2.24, 2.45) is 5.73 Å². The van der Waals surface area contributed by atoms with E-state index in [0.717, 1.165) is 29.8 Å². The van der Waals surface area contributed by atoms with Crippen LogP contribution in [-0.4, -0.2) is 19.5 Å². The Kier molecular flexibility index (Phi) is 3.06.